The van der Waals surface area contributed by atoms with Gasteiger partial charge in [0, 0.05) is 26.6 Å². The van der Waals surface area contributed by atoms with Crippen LogP contribution in [0.3, 0.4) is 0 Å². The molecule has 2 amide bonds. The number of carbonyl (C=O) groups is 2. The molecule has 0 aromatic heterocycles. The molecule has 0 bridgehead atoms. The second-order valence-electron chi connectivity index (χ2n) is 4.23. The molecule has 0 aromatic rings. The first-order valence-corrected chi connectivity index (χ1v) is 5.28. The first-order chi connectivity index (χ1) is 7.04. The Bertz CT molecular complexity index is 252. The van der Waals surface area contributed by atoms with E-state index in [1.54, 1.807) is 0 Å². The fourth-order valence-corrected chi connectivity index (χ4v) is 1.64. The Balaban J connectivity index is 0.00000225. The maximum atomic E-state index is 11.7. The lowest BCUT2D eigenvalue weighted by Gasteiger charge is -2.21. The third-order valence-corrected chi connectivity index (χ3v) is 2.70. The molecule has 6 heteroatoms. The van der Waals surface area contributed by atoms with Gasteiger partial charge in [0.25, 0.3) is 0 Å². The highest BCUT2D eigenvalue weighted by atomic mass is 35.5. The van der Waals surface area contributed by atoms with Crippen molar-refractivity contribution < 1.29 is 9.59 Å². The van der Waals surface area contributed by atoms with Gasteiger partial charge in [0.1, 0.15) is 0 Å². The minimum absolute atomic E-state index is 0. The number of hydrogen-bond donors (Lipinski definition) is 3. The van der Waals surface area contributed by atoms with Gasteiger partial charge < -0.3 is 16.0 Å². The van der Waals surface area contributed by atoms with Crippen LogP contribution in [0.1, 0.15) is 20.3 Å². The third-order valence-electron chi connectivity index (χ3n) is 2.70. The zero-order valence-electron chi connectivity index (χ0n) is 9.76. The van der Waals surface area contributed by atoms with Gasteiger partial charge in [-0.25, -0.2) is 0 Å². The molecule has 0 aliphatic carbocycles. The summed E-state index contributed by atoms with van der Waals surface area (Å²) in [6.45, 7) is 6.04. The van der Waals surface area contributed by atoms with Crippen molar-refractivity contribution in [1.82, 2.24) is 16.0 Å². The Hall–Kier alpha value is -0.810. The molecule has 0 aromatic carbocycles. The quantitative estimate of drug-likeness (QED) is 0.597. The molecule has 1 aliphatic rings. The van der Waals surface area contributed by atoms with Gasteiger partial charge in [-0.05, 0) is 19.9 Å². The lowest BCUT2D eigenvalue weighted by atomic mass is 9.89. The molecule has 3 N–H and O–H groups in total. The van der Waals surface area contributed by atoms with Crippen LogP contribution in [0.15, 0.2) is 0 Å². The van der Waals surface area contributed by atoms with Crippen LogP contribution in [-0.2, 0) is 9.59 Å². The van der Waals surface area contributed by atoms with E-state index in [1.807, 2.05) is 6.92 Å². The van der Waals surface area contributed by atoms with Gasteiger partial charge in [-0.2, -0.15) is 0 Å². The van der Waals surface area contributed by atoms with E-state index < -0.39 is 0 Å². The van der Waals surface area contributed by atoms with Gasteiger partial charge >= 0.3 is 0 Å². The van der Waals surface area contributed by atoms with E-state index in [1.165, 1.54) is 6.92 Å². The molecule has 0 spiro atoms. The van der Waals surface area contributed by atoms with E-state index in [0.29, 0.717) is 13.1 Å². The maximum Gasteiger partial charge on any atom is 0.227 e. The van der Waals surface area contributed by atoms with Gasteiger partial charge in [0.15, 0.2) is 0 Å². The fourth-order valence-electron chi connectivity index (χ4n) is 1.64. The Kier molecular flexibility index (Phi) is 6.36. The van der Waals surface area contributed by atoms with Gasteiger partial charge in [0.05, 0.1) is 5.41 Å². The Morgan fingerprint density at radius 3 is 2.44 bits per heavy atom. The molecule has 16 heavy (non-hydrogen) atoms. The van der Waals surface area contributed by atoms with E-state index in [2.05, 4.69) is 16.0 Å². The zero-order chi connectivity index (χ0) is 11.3. The van der Waals surface area contributed by atoms with E-state index in [9.17, 15) is 9.59 Å². The summed E-state index contributed by atoms with van der Waals surface area (Å²) in [5.74, 6) is -0.00385. The van der Waals surface area contributed by atoms with Gasteiger partial charge in [-0.1, -0.05) is 0 Å². The lowest BCUT2D eigenvalue weighted by molar-refractivity contribution is -0.129. The number of halogens is 1. The summed E-state index contributed by atoms with van der Waals surface area (Å²) in [7, 11) is 0. The van der Waals surface area contributed by atoms with Crippen LogP contribution in [0.2, 0.25) is 0 Å². The number of carbonyl (C=O) groups excluding carboxylic acids is 2. The average Bonchev–Trinajstić information content (AvgIpc) is 2.60. The number of rotatable bonds is 4. The van der Waals surface area contributed by atoms with Crippen molar-refractivity contribution >= 4 is 24.2 Å². The summed E-state index contributed by atoms with van der Waals surface area (Å²) in [4.78, 5) is 22.3. The SMILES string of the molecule is CC(=O)NCCNC(=O)C1(C)CCNC1.Cl. The van der Waals surface area contributed by atoms with Crippen LogP contribution in [0.25, 0.3) is 0 Å². The summed E-state index contributed by atoms with van der Waals surface area (Å²) in [5.41, 5.74) is -0.282. The largest absolute Gasteiger partial charge is 0.355 e. The van der Waals surface area contributed by atoms with Crippen LogP contribution in [0.5, 0.6) is 0 Å². The molecule has 1 unspecified atom stereocenters. The molecule has 0 saturated carbocycles. The smallest absolute Gasteiger partial charge is 0.227 e. The van der Waals surface area contributed by atoms with E-state index in [0.717, 1.165) is 19.5 Å². The van der Waals surface area contributed by atoms with Crippen LogP contribution in [-0.4, -0.2) is 38.0 Å². The van der Waals surface area contributed by atoms with Crippen LogP contribution in [0, 0.1) is 5.41 Å². The van der Waals surface area contributed by atoms with Crippen molar-refractivity contribution in [2.24, 2.45) is 5.41 Å². The first-order valence-electron chi connectivity index (χ1n) is 5.28. The average molecular weight is 250 g/mol. The Morgan fingerprint density at radius 2 is 1.94 bits per heavy atom. The van der Waals surface area contributed by atoms with E-state index in [-0.39, 0.29) is 29.6 Å². The monoisotopic (exact) mass is 249 g/mol. The topological polar surface area (TPSA) is 70.2 Å². The number of nitrogens with one attached hydrogen (secondary N) is 3. The third kappa shape index (κ3) is 4.37. The molecular formula is C10H20ClN3O2. The fraction of sp³-hybridized carbons (Fsp3) is 0.800. The molecular weight excluding hydrogens is 230 g/mol. The molecule has 1 aliphatic heterocycles. The van der Waals surface area contributed by atoms with Gasteiger partial charge in [-0.15, -0.1) is 12.4 Å². The van der Waals surface area contributed by atoms with Crippen molar-refractivity contribution in [2.45, 2.75) is 20.3 Å². The van der Waals surface area contributed by atoms with Gasteiger partial charge in [0.2, 0.25) is 11.8 Å². The molecule has 1 heterocycles. The highest BCUT2D eigenvalue weighted by Crippen LogP contribution is 2.24. The molecule has 0 radical (unpaired) electrons. The van der Waals surface area contributed by atoms with Crippen molar-refractivity contribution in [1.29, 1.82) is 0 Å². The maximum absolute atomic E-state index is 11.7. The minimum atomic E-state index is -0.282. The molecule has 1 saturated heterocycles. The zero-order valence-corrected chi connectivity index (χ0v) is 10.6. The summed E-state index contributed by atoms with van der Waals surface area (Å²) in [5, 5.41) is 8.63. The lowest BCUT2D eigenvalue weighted by Crippen LogP contribution is -2.43. The van der Waals surface area contributed by atoms with E-state index in [4.69, 9.17) is 0 Å². The second kappa shape index (κ2) is 6.70. The number of amides is 2. The van der Waals surface area contributed by atoms with Gasteiger partial charge in [-0.3, -0.25) is 9.59 Å². The van der Waals surface area contributed by atoms with Crippen molar-refractivity contribution in [3.63, 3.8) is 0 Å². The molecule has 5 nitrogen and oxygen atoms in total. The van der Waals surface area contributed by atoms with Crippen LogP contribution in [0.4, 0.5) is 0 Å². The van der Waals surface area contributed by atoms with E-state index >= 15 is 0 Å². The second-order valence-corrected chi connectivity index (χ2v) is 4.23. The number of hydrogen-bond acceptors (Lipinski definition) is 3. The van der Waals surface area contributed by atoms with Crippen LogP contribution < -0.4 is 16.0 Å². The van der Waals surface area contributed by atoms with Crippen molar-refractivity contribution in [3.05, 3.63) is 0 Å². The molecule has 1 rings (SSSR count). The summed E-state index contributed by atoms with van der Waals surface area (Å²) < 4.78 is 0. The highest BCUT2D eigenvalue weighted by Gasteiger charge is 2.35. The predicted molar refractivity (Wildman–Crippen MR) is 64.5 cm³/mol. The van der Waals surface area contributed by atoms with Crippen LogP contribution >= 0.6 is 12.4 Å². The summed E-state index contributed by atoms with van der Waals surface area (Å²) in [6.07, 6.45) is 0.874. The van der Waals surface area contributed by atoms with Crippen molar-refractivity contribution in [2.75, 3.05) is 26.2 Å². The Morgan fingerprint density at radius 1 is 1.31 bits per heavy atom. The molecule has 94 valence electrons. The molecule has 1 fully saturated rings. The van der Waals surface area contributed by atoms with Crippen molar-refractivity contribution in [3.8, 4) is 0 Å². The standard InChI is InChI=1S/C10H19N3O2.ClH/c1-8(14)12-5-6-13-9(15)10(2)3-4-11-7-10;/h11H,3-7H2,1-2H3,(H,12,14)(H,13,15);1H. The first kappa shape index (κ1) is 15.2. The normalized spacial score (nSPS) is 23.4. The predicted octanol–water partition coefficient (Wildman–Crippen LogP) is -0.340. The summed E-state index contributed by atoms with van der Waals surface area (Å²) in [6, 6.07) is 0. The minimum Gasteiger partial charge on any atom is -0.355 e. The highest BCUT2D eigenvalue weighted by molar-refractivity contribution is 5.85. The molecule has 1 atom stereocenters. The summed E-state index contributed by atoms with van der Waals surface area (Å²) >= 11 is 0. The Labute approximate surface area is 102 Å².